The van der Waals surface area contributed by atoms with Crippen molar-refractivity contribution >= 4 is 11.8 Å². The lowest BCUT2D eigenvalue weighted by Crippen LogP contribution is -2.03. The Labute approximate surface area is 130 Å². The molecule has 0 radical (unpaired) electrons. The number of aromatic hydroxyl groups is 1. The number of phenols is 1. The van der Waals surface area contributed by atoms with Crippen LogP contribution in [0, 0.1) is 0 Å². The van der Waals surface area contributed by atoms with Crippen LogP contribution in [0.4, 0.5) is 0 Å². The van der Waals surface area contributed by atoms with Gasteiger partial charge < -0.3 is 14.9 Å². The van der Waals surface area contributed by atoms with Crippen LogP contribution in [0.5, 0.6) is 11.5 Å². The molecule has 1 rings (SSSR count). The maximum atomic E-state index is 11.4. The Morgan fingerprint density at radius 2 is 2.00 bits per heavy atom. The number of aliphatic carboxylic acids is 1. The first kappa shape index (κ1) is 17.8. The number of carbonyl (C=O) groups excluding carboxylic acids is 1. The second kappa shape index (κ2) is 8.87. The Morgan fingerprint density at radius 3 is 2.59 bits per heavy atom. The molecule has 0 bridgehead atoms. The zero-order valence-corrected chi connectivity index (χ0v) is 12.8. The van der Waals surface area contributed by atoms with E-state index >= 15 is 0 Å². The Hall–Kier alpha value is -2.30. The maximum Gasteiger partial charge on any atom is 0.303 e. The van der Waals surface area contributed by atoms with Gasteiger partial charge in [0.25, 0.3) is 0 Å². The van der Waals surface area contributed by atoms with Crippen LogP contribution in [0.1, 0.15) is 48.5 Å². The van der Waals surface area contributed by atoms with Crippen LogP contribution >= 0.6 is 0 Å². The van der Waals surface area contributed by atoms with Crippen molar-refractivity contribution in [1.29, 1.82) is 0 Å². The van der Waals surface area contributed by atoms with Gasteiger partial charge in [-0.15, -0.1) is 6.58 Å². The van der Waals surface area contributed by atoms with Crippen LogP contribution in [-0.4, -0.2) is 28.6 Å². The van der Waals surface area contributed by atoms with Crippen molar-refractivity contribution < 1.29 is 24.5 Å². The normalized spacial score (nSPS) is 10.2. The van der Waals surface area contributed by atoms with E-state index in [9.17, 15) is 14.7 Å². The van der Waals surface area contributed by atoms with Crippen LogP contribution in [0.3, 0.4) is 0 Å². The zero-order valence-electron chi connectivity index (χ0n) is 12.8. The lowest BCUT2D eigenvalue weighted by Gasteiger charge is -2.14. The van der Waals surface area contributed by atoms with Gasteiger partial charge in [-0.05, 0) is 44.7 Å². The number of allylic oxidation sites excluding steroid dienone is 1. The second-order valence-electron chi connectivity index (χ2n) is 5.04. The number of carboxylic acid groups (broad SMARTS) is 1. The summed E-state index contributed by atoms with van der Waals surface area (Å²) in [5.74, 6) is -0.529. The van der Waals surface area contributed by atoms with Crippen molar-refractivity contribution in [3.8, 4) is 11.5 Å². The van der Waals surface area contributed by atoms with Crippen molar-refractivity contribution in [3.05, 3.63) is 35.9 Å². The molecule has 0 saturated carbocycles. The van der Waals surface area contributed by atoms with E-state index in [0.717, 1.165) is 12.8 Å². The quantitative estimate of drug-likeness (QED) is 0.393. The summed E-state index contributed by atoms with van der Waals surface area (Å²) in [6, 6.07) is 3.22. The average Bonchev–Trinajstić information content (AvgIpc) is 2.45. The minimum atomic E-state index is -0.793. The molecule has 1 aromatic carbocycles. The molecule has 0 atom stereocenters. The molecule has 0 aliphatic heterocycles. The minimum Gasteiger partial charge on any atom is -0.507 e. The molecular weight excluding hydrogens is 284 g/mol. The van der Waals surface area contributed by atoms with Gasteiger partial charge in [0.05, 0.1) is 12.2 Å². The van der Waals surface area contributed by atoms with Crippen molar-refractivity contribution in [2.24, 2.45) is 0 Å². The van der Waals surface area contributed by atoms with E-state index in [1.807, 2.05) is 0 Å². The first-order valence-corrected chi connectivity index (χ1v) is 7.28. The molecular formula is C17H22O5. The van der Waals surface area contributed by atoms with E-state index in [1.54, 1.807) is 18.2 Å². The summed E-state index contributed by atoms with van der Waals surface area (Å²) in [7, 11) is 0. The van der Waals surface area contributed by atoms with Gasteiger partial charge in [-0.25, -0.2) is 0 Å². The summed E-state index contributed by atoms with van der Waals surface area (Å²) in [4.78, 5) is 21.8. The number of carbonyl (C=O) groups is 2. The third-order valence-corrected chi connectivity index (χ3v) is 3.26. The third kappa shape index (κ3) is 5.24. The number of unbranched alkanes of at least 4 members (excludes halogenated alkanes) is 2. The number of rotatable bonds is 10. The molecule has 1 aromatic rings. The van der Waals surface area contributed by atoms with E-state index in [0.29, 0.717) is 30.8 Å². The Morgan fingerprint density at radius 1 is 1.27 bits per heavy atom. The largest absolute Gasteiger partial charge is 0.507 e. The van der Waals surface area contributed by atoms with E-state index < -0.39 is 5.97 Å². The fraction of sp³-hybridized carbons (Fsp3) is 0.412. The molecule has 0 spiro atoms. The molecule has 22 heavy (non-hydrogen) atoms. The number of benzene rings is 1. The van der Waals surface area contributed by atoms with Crippen molar-refractivity contribution in [2.75, 3.05) is 6.61 Å². The molecule has 0 amide bonds. The van der Waals surface area contributed by atoms with Gasteiger partial charge in [0.15, 0.2) is 5.78 Å². The summed E-state index contributed by atoms with van der Waals surface area (Å²) in [6.45, 7) is 5.47. The highest BCUT2D eigenvalue weighted by Crippen LogP contribution is 2.32. The van der Waals surface area contributed by atoms with E-state index in [-0.39, 0.29) is 23.5 Å². The van der Waals surface area contributed by atoms with Gasteiger partial charge in [-0.3, -0.25) is 9.59 Å². The van der Waals surface area contributed by atoms with Crippen LogP contribution < -0.4 is 4.74 Å². The van der Waals surface area contributed by atoms with Gasteiger partial charge in [-0.1, -0.05) is 6.08 Å². The van der Waals surface area contributed by atoms with Gasteiger partial charge in [0.1, 0.15) is 11.5 Å². The van der Waals surface area contributed by atoms with E-state index in [2.05, 4.69) is 6.58 Å². The van der Waals surface area contributed by atoms with Crippen LogP contribution in [0.25, 0.3) is 0 Å². The average molecular weight is 306 g/mol. The number of ketones is 1. The number of phenolic OH excluding ortho intramolecular Hbond substituents is 1. The van der Waals surface area contributed by atoms with Gasteiger partial charge in [0.2, 0.25) is 0 Å². The lowest BCUT2D eigenvalue weighted by molar-refractivity contribution is -0.137. The molecule has 2 N–H and O–H groups in total. The summed E-state index contributed by atoms with van der Waals surface area (Å²) in [5.41, 5.74) is 0.818. The van der Waals surface area contributed by atoms with Gasteiger partial charge in [0, 0.05) is 12.0 Å². The predicted molar refractivity (Wildman–Crippen MR) is 83.6 cm³/mol. The Kier molecular flexibility index (Phi) is 7.16. The van der Waals surface area contributed by atoms with Crippen molar-refractivity contribution in [1.82, 2.24) is 0 Å². The topological polar surface area (TPSA) is 83.8 Å². The zero-order chi connectivity index (χ0) is 16.5. The molecule has 0 fully saturated rings. The smallest absolute Gasteiger partial charge is 0.303 e. The highest BCUT2D eigenvalue weighted by atomic mass is 16.5. The lowest BCUT2D eigenvalue weighted by atomic mass is 10.0. The molecule has 0 aromatic heterocycles. The first-order chi connectivity index (χ1) is 10.5. The minimum absolute atomic E-state index is 0.0595. The molecule has 5 nitrogen and oxygen atoms in total. The molecule has 0 aliphatic rings. The molecule has 0 aliphatic carbocycles. The molecule has 0 unspecified atom stereocenters. The second-order valence-corrected chi connectivity index (χ2v) is 5.04. The molecule has 120 valence electrons. The number of hydrogen-bond acceptors (Lipinski definition) is 4. The molecule has 0 heterocycles. The summed E-state index contributed by atoms with van der Waals surface area (Å²) >= 11 is 0. The van der Waals surface area contributed by atoms with E-state index in [1.165, 1.54) is 6.92 Å². The van der Waals surface area contributed by atoms with E-state index in [4.69, 9.17) is 9.84 Å². The van der Waals surface area contributed by atoms with Crippen molar-refractivity contribution in [3.63, 3.8) is 0 Å². The third-order valence-electron chi connectivity index (χ3n) is 3.26. The van der Waals surface area contributed by atoms with Crippen LogP contribution in [0.15, 0.2) is 24.8 Å². The van der Waals surface area contributed by atoms with Crippen LogP contribution in [0.2, 0.25) is 0 Å². The summed E-state index contributed by atoms with van der Waals surface area (Å²) in [6.07, 6.45) is 4.32. The highest BCUT2D eigenvalue weighted by Gasteiger charge is 2.15. The summed E-state index contributed by atoms with van der Waals surface area (Å²) < 4.78 is 5.65. The standard InChI is InChI=1S/C17H22O5/c1-3-7-14-15(10-9-13(12(2)18)17(14)21)22-11-6-4-5-8-16(19)20/h3,9-10,21H,1,4-8,11H2,2H3,(H,19,20). The fourth-order valence-electron chi connectivity index (χ4n) is 2.12. The molecule has 0 saturated heterocycles. The highest BCUT2D eigenvalue weighted by molar-refractivity contribution is 5.97. The monoisotopic (exact) mass is 306 g/mol. The SMILES string of the molecule is C=CCc1c(OCCCCCC(=O)O)ccc(C(C)=O)c1O. The number of ether oxygens (including phenoxy) is 1. The van der Waals surface area contributed by atoms with Crippen molar-refractivity contribution in [2.45, 2.75) is 39.0 Å². The first-order valence-electron chi connectivity index (χ1n) is 7.28. The fourth-order valence-corrected chi connectivity index (χ4v) is 2.12. The predicted octanol–water partition coefficient (Wildman–Crippen LogP) is 3.35. The van der Waals surface area contributed by atoms with Crippen LogP contribution in [-0.2, 0) is 11.2 Å². The number of hydrogen-bond donors (Lipinski definition) is 2. The van der Waals surface area contributed by atoms with Gasteiger partial charge >= 0.3 is 5.97 Å². The Bertz CT molecular complexity index is 548. The van der Waals surface area contributed by atoms with Gasteiger partial charge in [-0.2, -0.15) is 0 Å². The number of carboxylic acids is 1. The molecule has 5 heteroatoms. The maximum absolute atomic E-state index is 11.4. The number of Topliss-reactive ketones (excluding diaryl/α,β-unsaturated/α-hetero) is 1. The summed E-state index contributed by atoms with van der Waals surface area (Å²) in [5, 5.41) is 18.7. The Balaban J connectivity index is 2.66.